The Hall–Kier alpha value is -2.40. The molecule has 1 unspecified atom stereocenters. The minimum Gasteiger partial charge on any atom is -0.493 e. The molecule has 1 aliphatic heterocycles. The van der Waals surface area contributed by atoms with Gasteiger partial charge in [-0.25, -0.2) is 0 Å². The SMILES string of the molecule is COc1cc(N2CCC(Oc3cccc(Cl)c3)C2=O)ccc1OCC(C)(C)C. The average Bonchev–Trinajstić information content (AvgIpc) is 3.00. The summed E-state index contributed by atoms with van der Waals surface area (Å²) in [5.41, 5.74) is 0.807. The van der Waals surface area contributed by atoms with E-state index in [2.05, 4.69) is 20.8 Å². The van der Waals surface area contributed by atoms with Gasteiger partial charge >= 0.3 is 0 Å². The molecule has 150 valence electrons. The number of rotatable bonds is 6. The van der Waals surface area contributed by atoms with Gasteiger partial charge in [-0.05, 0) is 35.7 Å². The molecule has 6 heteroatoms. The number of methoxy groups -OCH3 is 1. The Morgan fingerprint density at radius 1 is 1.14 bits per heavy atom. The summed E-state index contributed by atoms with van der Waals surface area (Å²) in [5.74, 6) is 1.79. The lowest BCUT2D eigenvalue weighted by Crippen LogP contribution is -2.32. The second-order valence-corrected chi connectivity index (χ2v) is 8.46. The Morgan fingerprint density at radius 3 is 2.61 bits per heavy atom. The van der Waals surface area contributed by atoms with Crippen LogP contribution in [0.4, 0.5) is 5.69 Å². The van der Waals surface area contributed by atoms with Crippen molar-refractivity contribution >= 4 is 23.2 Å². The number of hydrogen-bond donors (Lipinski definition) is 0. The van der Waals surface area contributed by atoms with Crippen molar-refractivity contribution in [3.63, 3.8) is 0 Å². The third-order valence-corrected chi connectivity index (χ3v) is 4.59. The molecule has 0 bridgehead atoms. The van der Waals surface area contributed by atoms with Gasteiger partial charge in [0.1, 0.15) is 5.75 Å². The minimum absolute atomic E-state index is 0.0412. The van der Waals surface area contributed by atoms with E-state index in [0.29, 0.717) is 41.8 Å². The monoisotopic (exact) mass is 403 g/mol. The number of nitrogens with zero attached hydrogens (tertiary/aromatic N) is 1. The molecule has 1 saturated heterocycles. The van der Waals surface area contributed by atoms with E-state index in [0.717, 1.165) is 5.69 Å². The Morgan fingerprint density at radius 2 is 1.93 bits per heavy atom. The van der Waals surface area contributed by atoms with Crippen LogP contribution in [0.2, 0.25) is 5.02 Å². The second-order valence-electron chi connectivity index (χ2n) is 8.03. The molecule has 2 aromatic rings. The number of anilines is 1. The van der Waals surface area contributed by atoms with E-state index in [4.69, 9.17) is 25.8 Å². The van der Waals surface area contributed by atoms with Crippen LogP contribution in [0.5, 0.6) is 17.2 Å². The molecular weight excluding hydrogens is 378 g/mol. The highest BCUT2D eigenvalue weighted by Gasteiger charge is 2.34. The van der Waals surface area contributed by atoms with Gasteiger partial charge in [0.25, 0.3) is 5.91 Å². The summed E-state index contributed by atoms with van der Waals surface area (Å²) in [6.45, 7) is 7.47. The molecule has 0 N–H and O–H groups in total. The fourth-order valence-electron chi connectivity index (χ4n) is 2.96. The van der Waals surface area contributed by atoms with E-state index in [9.17, 15) is 4.79 Å². The number of amides is 1. The molecule has 0 radical (unpaired) electrons. The summed E-state index contributed by atoms with van der Waals surface area (Å²) in [6.07, 6.45) is 0.0805. The maximum absolute atomic E-state index is 12.8. The van der Waals surface area contributed by atoms with Gasteiger partial charge in [-0.2, -0.15) is 0 Å². The minimum atomic E-state index is -0.527. The van der Waals surface area contributed by atoms with Crippen molar-refractivity contribution in [2.75, 3.05) is 25.2 Å². The Labute approximate surface area is 171 Å². The molecule has 1 atom stereocenters. The van der Waals surface area contributed by atoms with E-state index in [1.807, 2.05) is 18.2 Å². The first kappa shape index (κ1) is 20.3. The first-order chi connectivity index (χ1) is 13.3. The van der Waals surface area contributed by atoms with Crippen LogP contribution in [0.25, 0.3) is 0 Å². The molecule has 1 heterocycles. The lowest BCUT2D eigenvalue weighted by Gasteiger charge is -2.22. The zero-order valence-electron chi connectivity index (χ0n) is 16.7. The first-order valence-electron chi connectivity index (χ1n) is 9.31. The molecule has 2 aromatic carbocycles. The number of benzene rings is 2. The van der Waals surface area contributed by atoms with Gasteiger partial charge in [-0.15, -0.1) is 0 Å². The van der Waals surface area contributed by atoms with Gasteiger partial charge in [0, 0.05) is 29.7 Å². The van der Waals surface area contributed by atoms with Gasteiger partial charge in [0.2, 0.25) is 0 Å². The van der Waals surface area contributed by atoms with Crippen molar-refractivity contribution in [1.29, 1.82) is 0 Å². The van der Waals surface area contributed by atoms with Gasteiger partial charge in [-0.1, -0.05) is 38.4 Å². The number of carbonyl (C=O) groups excluding carboxylic acids is 1. The highest BCUT2D eigenvalue weighted by atomic mass is 35.5. The molecule has 0 aromatic heterocycles. The number of halogens is 1. The molecule has 1 fully saturated rings. The van der Waals surface area contributed by atoms with Crippen LogP contribution in [-0.4, -0.2) is 32.3 Å². The van der Waals surface area contributed by atoms with E-state index in [-0.39, 0.29) is 11.3 Å². The fourth-order valence-corrected chi connectivity index (χ4v) is 3.14. The topological polar surface area (TPSA) is 48.0 Å². The van der Waals surface area contributed by atoms with Crippen LogP contribution in [0.3, 0.4) is 0 Å². The van der Waals surface area contributed by atoms with Crippen molar-refractivity contribution in [1.82, 2.24) is 0 Å². The smallest absolute Gasteiger partial charge is 0.268 e. The van der Waals surface area contributed by atoms with E-state index < -0.39 is 6.10 Å². The Bertz CT molecular complexity index is 847. The van der Waals surface area contributed by atoms with Crippen molar-refractivity contribution in [2.45, 2.75) is 33.3 Å². The average molecular weight is 404 g/mol. The molecule has 0 saturated carbocycles. The first-order valence-corrected chi connectivity index (χ1v) is 9.69. The molecule has 5 nitrogen and oxygen atoms in total. The van der Waals surface area contributed by atoms with Crippen LogP contribution < -0.4 is 19.1 Å². The maximum Gasteiger partial charge on any atom is 0.268 e. The quantitative estimate of drug-likeness (QED) is 0.684. The van der Waals surface area contributed by atoms with Crippen LogP contribution in [0, 0.1) is 5.41 Å². The predicted molar refractivity (Wildman–Crippen MR) is 111 cm³/mol. The summed E-state index contributed by atoms with van der Waals surface area (Å²) in [5, 5.41) is 0.579. The summed E-state index contributed by atoms with van der Waals surface area (Å²) in [4.78, 5) is 14.5. The van der Waals surface area contributed by atoms with Crippen LogP contribution in [-0.2, 0) is 4.79 Å². The lowest BCUT2D eigenvalue weighted by atomic mass is 9.99. The summed E-state index contributed by atoms with van der Waals surface area (Å²) >= 11 is 5.99. The highest BCUT2D eigenvalue weighted by molar-refractivity contribution is 6.30. The van der Waals surface area contributed by atoms with Gasteiger partial charge in [0.15, 0.2) is 17.6 Å². The predicted octanol–water partition coefficient (Wildman–Crippen LogP) is 4.96. The lowest BCUT2D eigenvalue weighted by molar-refractivity contribution is -0.122. The van der Waals surface area contributed by atoms with E-state index in [1.54, 1.807) is 36.3 Å². The molecule has 3 rings (SSSR count). The Kier molecular flexibility index (Phi) is 6.04. The van der Waals surface area contributed by atoms with Crippen LogP contribution >= 0.6 is 11.6 Å². The molecular formula is C22H26ClNO4. The van der Waals surface area contributed by atoms with Crippen molar-refractivity contribution in [3.8, 4) is 17.2 Å². The van der Waals surface area contributed by atoms with Crippen molar-refractivity contribution in [2.24, 2.45) is 5.41 Å². The molecule has 1 amide bonds. The fraction of sp³-hybridized carbons (Fsp3) is 0.409. The number of hydrogen-bond acceptors (Lipinski definition) is 4. The standard InChI is InChI=1S/C22H26ClNO4/c1-22(2,3)14-27-18-9-8-16(13-20(18)26-4)24-11-10-19(21(24)25)28-17-7-5-6-15(23)12-17/h5-9,12-13,19H,10-11,14H2,1-4H3. The zero-order chi connectivity index (χ0) is 20.3. The molecule has 0 spiro atoms. The van der Waals surface area contributed by atoms with E-state index >= 15 is 0 Å². The molecule has 0 aliphatic carbocycles. The number of ether oxygens (including phenoxy) is 3. The second kappa shape index (κ2) is 8.31. The summed E-state index contributed by atoms with van der Waals surface area (Å²) in [7, 11) is 1.60. The normalized spacial score (nSPS) is 17.0. The third-order valence-electron chi connectivity index (χ3n) is 4.35. The summed E-state index contributed by atoms with van der Waals surface area (Å²) < 4.78 is 17.2. The van der Waals surface area contributed by atoms with Crippen LogP contribution in [0.15, 0.2) is 42.5 Å². The van der Waals surface area contributed by atoms with Crippen LogP contribution in [0.1, 0.15) is 27.2 Å². The largest absolute Gasteiger partial charge is 0.493 e. The van der Waals surface area contributed by atoms with Crippen molar-refractivity contribution < 1.29 is 19.0 Å². The van der Waals surface area contributed by atoms with Crippen molar-refractivity contribution in [3.05, 3.63) is 47.5 Å². The number of carbonyl (C=O) groups is 1. The molecule has 28 heavy (non-hydrogen) atoms. The third kappa shape index (κ3) is 4.90. The van der Waals surface area contributed by atoms with E-state index in [1.165, 1.54) is 0 Å². The zero-order valence-corrected chi connectivity index (χ0v) is 17.5. The molecule has 1 aliphatic rings. The Balaban J connectivity index is 1.72. The maximum atomic E-state index is 12.8. The van der Waals surface area contributed by atoms with Gasteiger partial charge in [0.05, 0.1) is 13.7 Å². The van der Waals surface area contributed by atoms with Gasteiger partial charge in [-0.3, -0.25) is 4.79 Å². The summed E-state index contributed by atoms with van der Waals surface area (Å²) in [6, 6.07) is 12.6. The highest BCUT2D eigenvalue weighted by Crippen LogP contribution is 2.35. The van der Waals surface area contributed by atoms with Gasteiger partial charge < -0.3 is 19.1 Å².